The van der Waals surface area contributed by atoms with Gasteiger partial charge in [-0.25, -0.2) is 0 Å². The van der Waals surface area contributed by atoms with Crippen molar-refractivity contribution < 1.29 is 0 Å². The average Bonchev–Trinajstić information content (AvgIpc) is 3.20. The van der Waals surface area contributed by atoms with E-state index in [0.29, 0.717) is 5.25 Å². The van der Waals surface area contributed by atoms with E-state index in [4.69, 9.17) is 0 Å². The zero-order valence-electron chi connectivity index (χ0n) is 14.0. The van der Waals surface area contributed by atoms with Crippen LogP contribution in [0.3, 0.4) is 0 Å². The highest BCUT2D eigenvalue weighted by Crippen LogP contribution is 2.30. The number of nitrogens with one attached hydrogen (secondary N) is 1. The molecule has 3 heterocycles. The minimum Gasteiger partial charge on any atom is -0.355 e. The van der Waals surface area contributed by atoms with Crippen LogP contribution < -0.4 is 9.62 Å². The molecule has 0 amide bonds. The molecular weight excluding hydrogens is 320 g/mol. The number of fused-ring (bicyclic) bond motifs is 1. The van der Waals surface area contributed by atoms with E-state index in [1.165, 1.54) is 5.39 Å². The van der Waals surface area contributed by atoms with E-state index in [9.17, 15) is 0 Å². The van der Waals surface area contributed by atoms with Crippen LogP contribution in [0.4, 0.5) is 11.5 Å². The van der Waals surface area contributed by atoms with Crippen LogP contribution in [0.25, 0.3) is 10.9 Å². The molecule has 6 nitrogen and oxygen atoms in total. The van der Waals surface area contributed by atoms with Crippen molar-refractivity contribution in [3.8, 4) is 0 Å². The molecule has 24 heavy (non-hydrogen) atoms. The third-order valence-corrected chi connectivity index (χ3v) is 5.70. The summed E-state index contributed by atoms with van der Waals surface area (Å²) >= 11 is 1.84. The van der Waals surface area contributed by atoms with Crippen LogP contribution in [0, 0.1) is 0 Å². The molecule has 4 rings (SSSR count). The third-order valence-electron chi connectivity index (χ3n) is 4.56. The number of hydrogen-bond acceptors (Lipinski definition) is 5. The summed E-state index contributed by atoms with van der Waals surface area (Å²) in [7, 11) is 3.96. The first-order valence-electron chi connectivity index (χ1n) is 8.28. The van der Waals surface area contributed by atoms with Crippen LogP contribution in [0.2, 0.25) is 0 Å². The summed E-state index contributed by atoms with van der Waals surface area (Å²) in [5, 5.41) is 10.6. The second-order valence-corrected chi connectivity index (χ2v) is 7.37. The predicted molar refractivity (Wildman–Crippen MR) is 100 cm³/mol. The van der Waals surface area contributed by atoms with E-state index < -0.39 is 0 Å². The Kier molecular flexibility index (Phi) is 4.10. The van der Waals surface area contributed by atoms with Crippen molar-refractivity contribution in [2.75, 3.05) is 22.7 Å². The molecule has 0 saturated carbocycles. The Morgan fingerprint density at radius 3 is 2.75 bits per heavy atom. The van der Waals surface area contributed by atoms with Gasteiger partial charge in [0.1, 0.15) is 0 Å². The molecule has 0 aliphatic carbocycles. The second kappa shape index (κ2) is 6.39. The normalized spacial score (nSPS) is 16.0. The summed E-state index contributed by atoms with van der Waals surface area (Å²) in [6.07, 6.45) is 6.24. The monoisotopic (exact) mass is 342 g/mol. The predicted octanol–water partition coefficient (Wildman–Crippen LogP) is 3.04. The van der Waals surface area contributed by atoms with Gasteiger partial charge < -0.3 is 9.62 Å². The maximum Gasteiger partial charge on any atom is 0.150 e. The van der Waals surface area contributed by atoms with Gasteiger partial charge in [0.2, 0.25) is 0 Å². The van der Waals surface area contributed by atoms with Crippen LogP contribution >= 0.6 is 11.9 Å². The number of benzene rings is 1. The van der Waals surface area contributed by atoms with E-state index in [1.807, 2.05) is 47.8 Å². The number of hydrogen-bond donors (Lipinski definition) is 1. The molecule has 1 aliphatic heterocycles. The van der Waals surface area contributed by atoms with Crippen molar-refractivity contribution in [1.29, 1.82) is 0 Å². The molecule has 1 aromatic carbocycles. The Morgan fingerprint density at radius 1 is 1.17 bits per heavy atom. The van der Waals surface area contributed by atoms with Crippen LogP contribution in [0.1, 0.15) is 12.8 Å². The number of anilines is 2. The van der Waals surface area contributed by atoms with Crippen LogP contribution in [-0.2, 0) is 14.1 Å². The Labute approximate surface area is 146 Å². The first-order chi connectivity index (χ1) is 11.7. The Morgan fingerprint density at radius 2 is 2.00 bits per heavy atom. The summed E-state index contributed by atoms with van der Waals surface area (Å²) in [6, 6.07) is 8.40. The maximum atomic E-state index is 4.50. The minimum atomic E-state index is 0.619. The number of para-hydroxylation sites is 1. The zero-order valence-corrected chi connectivity index (χ0v) is 14.8. The fourth-order valence-corrected chi connectivity index (χ4v) is 4.14. The molecule has 0 spiro atoms. The highest BCUT2D eigenvalue weighted by Gasteiger charge is 2.21. The van der Waals surface area contributed by atoms with Crippen molar-refractivity contribution >= 4 is 34.4 Å². The molecule has 2 aromatic heterocycles. The summed E-state index contributed by atoms with van der Waals surface area (Å²) in [4.78, 5) is 2.37. The topological polar surface area (TPSA) is 50.9 Å². The van der Waals surface area contributed by atoms with E-state index in [2.05, 4.69) is 44.1 Å². The van der Waals surface area contributed by atoms with Gasteiger partial charge in [0.15, 0.2) is 5.82 Å². The number of nitrogens with zero attached hydrogens (tertiary/aromatic N) is 5. The lowest BCUT2D eigenvalue weighted by molar-refractivity contribution is 0.582. The SMILES string of the molecule is Cn1ccc(N2CCC(SNc3cccc4cnn(C)c34)CC2)n1. The van der Waals surface area contributed by atoms with Crippen molar-refractivity contribution in [3.05, 3.63) is 36.7 Å². The third kappa shape index (κ3) is 2.96. The van der Waals surface area contributed by atoms with Gasteiger partial charge in [0.25, 0.3) is 0 Å². The van der Waals surface area contributed by atoms with E-state index in [1.54, 1.807) is 0 Å². The fourth-order valence-electron chi connectivity index (χ4n) is 3.24. The standard InChI is InChI=1S/C17H22N6S/c1-21-9-8-16(19-21)23-10-6-14(7-11-23)24-20-15-5-3-4-13-12-18-22(2)17(13)15/h3-5,8-9,12,14,20H,6-7,10-11H2,1-2H3. The lowest BCUT2D eigenvalue weighted by Gasteiger charge is -2.31. The van der Waals surface area contributed by atoms with Crippen molar-refractivity contribution in [1.82, 2.24) is 19.6 Å². The minimum absolute atomic E-state index is 0.619. The number of aryl methyl sites for hydroxylation is 2. The molecule has 0 atom stereocenters. The van der Waals surface area contributed by atoms with Gasteiger partial charge in [-0.15, -0.1) is 0 Å². The van der Waals surface area contributed by atoms with Crippen molar-refractivity contribution in [2.24, 2.45) is 14.1 Å². The Hall–Kier alpha value is -2.15. The molecule has 126 valence electrons. The van der Waals surface area contributed by atoms with Crippen molar-refractivity contribution in [2.45, 2.75) is 18.1 Å². The van der Waals surface area contributed by atoms with E-state index in [0.717, 1.165) is 43.0 Å². The van der Waals surface area contributed by atoms with Gasteiger partial charge in [-0.2, -0.15) is 10.2 Å². The Bertz CT molecular complexity index is 831. The summed E-state index contributed by atoms with van der Waals surface area (Å²) < 4.78 is 7.36. The first kappa shape index (κ1) is 15.4. The van der Waals surface area contributed by atoms with Gasteiger partial charge in [-0.1, -0.05) is 12.1 Å². The highest BCUT2D eigenvalue weighted by atomic mass is 32.2. The summed E-state index contributed by atoms with van der Waals surface area (Å²) in [6.45, 7) is 2.12. The van der Waals surface area contributed by atoms with Crippen LogP contribution in [0.15, 0.2) is 36.7 Å². The van der Waals surface area contributed by atoms with Crippen LogP contribution in [-0.4, -0.2) is 37.9 Å². The number of rotatable bonds is 4. The lowest BCUT2D eigenvalue weighted by atomic mass is 10.1. The Balaban J connectivity index is 1.36. The second-order valence-electron chi connectivity index (χ2n) is 6.27. The lowest BCUT2D eigenvalue weighted by Crippen LogP contribution is -2.35. The average molecular weight is 342 g/mol. The van der Waals surface area contributed by atoms with Crippen LogP contribution in [0.5, 0.6) is 0 Å². The quantitative estimate of drug-likeness (QED) is 0.739. The van der Waals surface area contributed by atoms with E-state index >= 15 is 0 Å². The van der Waals surface area contributed by atoms with Gasteiger partial charge in [0, 0.05) is 50.1 Å². The zero-order chi connectivity index (χ0) is 16.5. The van der Waals surface area contributed by atoms with E-state index in [-0.39, 0.29) is 0 Å². The van der Waals surface area contributed by atoms with Gasteiger partial charge >= 0.3 is 0 Å². The molecule has 7 heteroatoms. The summed E-state index contributed by atoms with van der Waals surface area (Å²) in [5.74, 6) is 1.09. The van der Waals surface area contributed by atoms with Gasteiger partial charge in [-0.05, 0) is 30.9 Å². The molecule has 1 saturated heterocycles. The largest absolute Gasteiger partial charge is 0.355 e. The summed E-state index contributed by atoms with van der Waals surface area (Å²) in [5.41, 5.74) is 2.31. The highest BCUT2D eigenvalue weighted by molar-refractivity contribution is 8.01. The molecule has 0 radical (unpaired) electrons. The van der Waals surface area contributed by atoms with Gasteiger partial charge in [-0.3, -0.25) is 9.36 Å². The number of aromatic nitrogens is 4. The maximum absolute atomic E-state index is 4.50. The molecule has 1 fully saturated rings. The molecule has 1 aliphatic rings. The first-order valence-corrected chi connectivity index (χ1v) is 9.15. The molecular formula is C17H22N6S. The number of piperidine rings is 1. The molecule has 1 N–H and O–H groups in total. The van der Waals surface area contributed by atoms with Crippen molar-refractivity contribution in [3.63, 3.8) is 0 Å². The molecule has 0 bridgehead atoms. The molecule has 0 unspecified atom stereocenters. The fraction of sp³-hybridized carbons (Fsp3) is 0.412. The van der Waals surface area contributed by atoms with Gasteiger partial charge in [0.05, 0.1) is 17.4 Å². The smallest absolute Gasteiger partial charge is 0.150 e. The molecule has 3 aromatic rings.